The van der Waals surface area contributed by atoms with Gasteiger partial charge >= 0.3 is 11.9 Å². The van der Waals surface area contributed by atoms with Crippen LogP contribution in [-0.4, -0.2) is 54.6 Å². The Kier molecular flexibility index (Phi) is 5.13. The van der Waals surface area contributed by atoms with Crippen LogP contribution in [0.15, 0.2) is 12.3 Å². The van der Waals surface area contributed by atoms with E-state index in [9.17, 15) is 14.4 Å². The third-order valence-corrected chi connectivity index (χ3v) is 2.63. The van der Waals surface area contributed by atoms with Gasteiger partial charge in [0.1, 0.15) is 18.8 Å². The average Bonchev–Trinajstić information content (AvgIpc) is 2.75. The SMILES string of the molecule is COC(=O)CN(CC(=O)OC)C(=O)c1cc(N)cn1C. The number of carbonyl (C=O) groups excluding carboxylic acids is 3. The molecule has 20 heavy (non-hydrogen) atoms. The molecule has 1 aromatic rings. The Morgan fingerprint density at radius 2 is 1.70 bits per heavy atom. The van der Waals surface area contributed by atoms with Gasteiger partial charge in [0.2, 0.25) is 0 Å². The number of nitrogen functional groups attached to an aromatic ring is 1. The summed E-state index contributed by atoms with van der Waals surface area (Å²) >= 11 is 0. The number of amides is 1. The molecule has 0 bridgehead atoms. The van der Waals surface area contributed by atoms with Crippen molar-refractivity contribution in [1.82, 2.24) is 9.47 Å². The molecule has 1 heterocycles. The van der Waals surface area contributed by atoms with Crippen LogP contribution in [0, 0.1) is 0 Å². The lowest BCUT2D eigenvalue weighted by Gasteiger charge is -2.20. The molecular weight excluding hydrogens is 266 g/mol. The van der Waals surface area contributed by atoms with Crippen molar-refractivity contribution in [3.05, 3.63) is 18.0 Å². The highest BCUT2D eigenvalue weighted by atomic mass is 16.5. The highest BCUT2D eigenvalue weighted by Gasteiger charge is 2.24. The Labute approximate surface area is 116 Å². The van der Waals surface area contributed by atoms with E-state index in [4.69, 9.17) is 5.73 Å². The number of ether oxygens (including phenoxy) is 2. The van der Waals surface area contributed by atoms with E-state index in [2.05, 4.69) is 9.47 Å². The maximum absolute atomic E-state index is 12.3. The smallest absolute Gasteiger partial charge is 0.325 e. The van der Waals surface area contributed by atoms with Crippen LogP contribution in [0.2, 0.25) is 0 Å². The second-order valence-electron chi connectivity index (χ2n) is 4.08. The maximum Gasteiger partial charge on any atom is 0.325 e. The van der Waals surface area contributed by atoms with Gasteiger partial charge in [-0.05, 0) is 6.07 Å². The predicted molar refractivity (Wildman–Crippen MR) is 69.8 cm³/mol. The summed E-state index contributed by atoms with van der Waals surface area (Å²) < 4.78 is 10.5. The summed E-state index contributed by atoms with van der Waals surface area (Å²) in [5.41, 5.74) is 6.27. The van der Waals surface area contributed by atoms with Gasteiger partial charge in [0.25, 0.3) is 5.91 Å². The number of methoxy groups -OCH3 is 2. The van der Waals surface area contributed by atoms with Gasteiger partial charge in [-0.25, -0.2) is 0 Å². The third-order valence-electron chi connectivity index (χ3n) is 2.63. The number of hydrogen-bond donors (Lipinski definition) is 1. The molecule has 1 aromatic heterocycles. The maximum atomic E-state index is 12.3. The highest BCUT2D eigenvalue weighted by molar-refractivity contribution is 5.97. The summed E-state index contributed by atoms with van der Waals surface area (Å²) in [5.74, 6) is -1.78. The van der Waals surface area contributed by atoms with Gasteiger partial charge in [-0.3, -0.25) is 14.4 Å². The normalized spacial score (nSPS) is 9.95. The van der Waals surface area contributed by atoms with Crippen LogP contribution in [0.5, 0.6) is 0 Å². The van der Waals surface area contributed by atoms with Crippen molar-refractivity contribution in [2.75, 3.05) is 33.0 Å². The van der Waals surface area contributed by atoms with Crippen molar-refractivity contribution in [2.45, 2.75) is 0 Å². The number of anilines is 1. The summed E-state index contributed by atoms with van der Waals surface area (Å²) in [6, 6.07) is 1.46. The molecule has 8 nitrogen and oxygen atoms in total. The van der Waals surface area contributed by atoms with E-state index in [0.717, 1.165) is 4.90 Å². The van der Waals surface area contributed by atoms with Gasteiger partial charge in [0.15, 0.2) is 0 Å². The molecule has 0 aromatic carbocycles. The zero-order chi connectivity index (χ0) is 15.3. The Hall–Kier alpha value is -2.51. The van der Waals surface area contributed by atoms with Gasteiger partial charge in [-0.2, -0.15) is 0 Å². The number of aromatic nitrogens is 1. The van der Waals surface area contributed by atoms with Crippen molar-refractivity contribution in [2.24, 2.45) is 7.05 Å². The molecule has 1 rings (SSSR count). The van der Waals surface area contributed by atoms with Crippen molar-refractivity contribution in [3.8, 4) is 0 Å². The number of carbonyl (C=O) groups is 3. The number of nitrogens with two attached hydrogens (primary N) is 1. The fraction of sp³-hybridized carbons (Fsp3) is 0.417. The first-order valence-electron chi connectivity index (χ1n) is 5.73. The molecule has 1 amide bonds. The lowest BCUT2D eigenvalue weighted by molar-refractivity contribution is -0.144. The number of esters is 2. The molecule has 0 saturated heterocycles. The highest BCUT2D eigenvalue weighted by Crippen LogP contribution is 2.11. The quantitative estimate of drug-likeness (QED) is 0.723. The number of rotatable bonds is 5. The molecule has 0 aliphatic heterocycles. The van der Waals surface area contributed by atoms with E-state index >= 15 is 0 Å². The molecule has 0 unspecified atom stereocenters. The zero-order valence-electron chi connectivity index (χ0n) is 11.6. The first-order chi connectivity index (χ1) is 9.38. The van der Waals surface area contributed by atoms with Crippen LogP contribution < -0.4 is 5.73 Å². The number of nitrogens with zero attached hydrogens (tertiary/aromatic N) is 2. The minimum atomic E-state index is -0.635. The van der Waals surface area contributed by atoms with Gasteiger partial charge in [-0.15, -0.1) is 0 Å². The third kappa shape index (κ3) is 3.74. The number of aryl methyl sites for hydroxylation is 1. The van der Waals surface area contributed by atoms with Gasteiger partial charge in [-0.1, -0.05) is 0 Å². The Balaban J connectivity index is 2.96. The second kappa shape index (κ2) is 6.60. The van der Waals surface area contributed by atoms with Crippen molar-refractivity contribution < 1.29 is 23.9 Å². The van der Waals surface area contributed by atoms with Crippen molar-refractivity contribution in [1.29, 1.82) is 0 Å². The molecule has 0 aliphatic carbocycles. The van der Waals surface area contributed by atoms with Crippen LogP contribution in [0.4, 0.5) is 5.69 Å². The molecule has 0 spiro atoms. The lowest BCUT2D eigenvalue weighted by Crippen LogP contribution is -2.40. The predicted octanol–water partition coefficient (Wildman–Crippen LogP) is -0.604. The Bertz CT molecular complexity index is 505. The van der Waals surface area contributed by atoms with E-state index in [1.807, 2.05) is 0 Å². The van der Waals surface area contributed by atoms with Gasteiger partial charge in [0, 0.05) is 13.2 Å². The van der Waals surface area contributed by atoms with Crippen LogP contribution in [0.25, 0.3) is 0 Å². The van der Waals surface area contributed by atoms with Gasteiger partial charge < -0.3 is 24.7 Å². The zero-order valence-corrected chi connectivity index (χ0v) is 11.6. The van der Waals surface area contributed by atoms with E-state index in [1.54, 1.807) is 13.2 Å². The summed E-state index contributed by atoms with van der Waals surface area (Å²) in [4.78, 5) is 36.0. The van der Waals surface area contributed by atoms with E-state index in [0.29, 0.717) is 5.69 Å². The minimum Gasteiger partial charge on any atom is -0.468 e. The molecule has 0 atom stereocenters. The number of hydrogen-bond acceptors (Lipinski definition) is 6. The molecule has 0 fully saturated rings. The van der Waals surface area contributed by atoms with E-state index in [-0.39, 0.29) is 18.8 Å². The topological polar surface area (TPSA) is 104 Å². The van der Waals surface area contributed by atoms with Crippen LogP contribution >= 0.6 is 0 Å². The molecule has 2 N–H and O–H groups in total. The van der Waals surface area contributed by atoms with Gasteiger partial charge in [0.05, 0.1) is 19.9 Å². The lowest BCUT2D eigenvalue weighted by atomic mass is 10.3. The standard InChI is InChI=1S/C12H17N3O5/c1-14-5-8(13)4-9(14)12(18)15(6-10(16)19-2)7-11(17)20-3/h4-5H,6-7,13H2,1-3H3. The van der Waals surface area contributed by atoms with E-state index in [1.165, 1.54) is 24.9 Å². The second-order valence-corrected chi connectivity index (χ2v) is 4.08. The molecular formula is C12H17N3O5. The fourth-order valence-corrected chi connectivity index (χ4v) is 1.60. The molecule has 8 heteroatoms. The summed E-state index contributed by atoms with van der Waals surface area (Å²) in [6.07, 6.45) is 1.56. The average molecular weight is 283 g/mol. The first kappa shape index (κ1) is 15.5. The molecule has 110 valence electrons. The molecule has 0 aliphatic rings. The fourth-order valence-electron chi connectivity index (χ4n) is 1.60. The van der Waals surface area contributed by atoms with Crippen LogP contribution in [0.3, 0.4) is 0 Å². The van der Waals surface area contributed by atoms with Crippen molar-refractivity contribution >= 4 is 23.5 Å². The minimum absolute atomic E-state index is 0.260. The Morgan fingerprint density at radius 3 is 2.05 bits per heavy atom. The monoisotopic (exact) mass is 283 g/mol. The Morgan fingerprint density at radius 1 is 1.20 bits per heavy atom. The summed E-state index contributed by atoms with van der Waals surface area (Å²) in [7, 11) is 4.03. The summed E-state index contributed by atoms with van der Waals surface area (Å²) in [5, 5.41) is 0. The van der Waals surface area contributed by atoms with Crippen molar-refractivity contribution in [3.63, 3.8) is 0 Å². The van der Waals surface area contributed by atoms with Crippen LogP contribution in [-0.2, 0) is 26.1 Å². The first-order valence-corrected chi connectivity index (χ1v) is 5.73. The van der Waals surface area contributed by atoms with Crippen LogP contribution in [0.1, 0.15) is 10.5 Å². The summed E-state index contributed by atoms with van der Waals surface area (Å²) in [6.45, 7) is -0.703. The molecule has 0 radical (unpaired) electrons. The largest absolute Gasteiger partial charge is 0.468 e. The molecule has 0 saturated carbocycles. The van der Waals surface area contributed by atoms with E-state index < -0.39 is 17.8 Å².